The molecule has 0 radical (unpaired) electrons. The van der Waals surface area contributed by atoms with E-state index in [1.165, 1.54) is 0 Å². The van der Waals surface area contributed by atoms with Crippen molar-refractivity contribution < 1.29 is 9.90 Å². The van der Waals surface area contributed by atoms with Gasteiger partial charge in [0.2, 0.25) is 0 Å². The minimum atomic E-state index is -0.709. The van der Waals surface area contributed by atoms with E-state index >= 15 is 0 Å². The number of carboxylic acids is 1. The Hall–Kier alpha value is -0.840. The van der Waals surface area contributed by atoms with Crippen molar-refractivity contribution in [3.05, 3.63) is 15.9 Å². The number of fused-ring (bicyclic) bond motifs is 1. The molecule has 1 atom stereocenters. The minimum absolute atomic E-state index is 0.249. The molecule has 5 heteroatoms. The Morgan fingerprint density at radius 2 is 2.46 bits per heavy atom. The second-order valence-electron chi connectivity index (χ2n) is 3.25. The van der Waals surface area contributed by atoms with Gasteiger partial charge in [-0.2, -0.15) is 5.10 Å². The fourth-order valence-electron chi connectivity index (χ4n) is 1.67. The molecule has 0 saturated carbocycles. The van der Waals surface area contributed by atoms with Crippen LogP contribution in [0.5, 0.6) is 0 Å². The number of aromatic amines is 1. The molecule has 1 aromatic rings. The SMILES string of the molecule is O=C(O)C1CCc2[nH]nc(Br)c2C1. The summed E-state index contributed by atoms with van der Waals surface area (Å²) >= 11 is 3.29. The maximum atomic E-state index is 10.8. The van der Waals surface area contributed by atoms with Gasteiger partial charge in [-0.1, -0.05) is 0 Å². The van der Waals surface area contributed by atoms with Crippen molar-refractivity contribution in [2.45, 2.75) is 19.3 Å². The van der Waals surface area contributed by atoms with E-state index in [0.29, 0.717) is 12.8 Å². The van der Waals surface area contributed by atoms with E-state index in [-0.39, 0.29) is 5.92 Å². The Kier molecular flexibility index (Phi) is 2.11. The normalized spacial score (nSPS) is 21.2. The number of hydrogen-bond donors (Lipinski definition) is 2. The zero-order chi connectivity index (χ0) is 9.42. The van der Waals surface area contributed by atoms with Crippen molar-refractivity contribution in [3.63, 3.8) is 0 Å². The summed E-state index contributed by atoms with van der Waals surface area (Å²) in [5.74, 6) is -0.958. The zero-order valence-electron chi connectivity index (χ0n) is 6.88. The molecule has 13 heavy (non-hydrogen) atoms. The second kappa shape index (κ2) is 3.14. The maximum absolute atomic E-state index is 10.8. The lowest BCUT2D eigenvalue weighted by atomic mass is 9.88. The average molecular weight is 245 g/mol. The number of rotatable bonds is 1. The van der Waals surface area contributed by atoms with E-state index in [2.05, 4.69) is 26.1 Å². The monoisotopic (exact) mass is 244 g/mol. The zero-order valence-corrected chi connectivity index (χ0v) is 8.47. The fourth-order valence-corrected chi connectivity index (χ4v) is 2.16. The number of aryl methyl sites for hydroxylation is 1. The lowest BCUT2D eigenvalue weighted by Gasteiger charge is -2.17. The first-order valence-electron chi connectivity index (χ1n) is 4.13. The summed E-state index contributed by atoms with van der Waals surface area (Å²) in [6.45, 7) is 0. The number of nitrogens with one attached hydrogen (secondary N) is 1. The number of halogens is 1. The molecular formula is C8H9BrN2O2. The van der Waals surface area contributed by atoms with E-state index in [4.69, 9.17) is 5.11 Å². The lowest BCUT2D eigenvalue weighted by Crippen LogP contribution is -2.21. The van der Waals surface area contributed by atoms with Gasteiger partial charge in [-0.25, -0.2) is 0 Å². The lowest BCUT2D eigenvalue weighted by molar-refractivity contribution is -0.142. The highest BCUT2D eigenvalue weighted by Crippen LogP contribution is 2.28. The first-order chi connectivity index (χ1) is 6.18. The van der Waals surface area contributed by atoms with Crippen LogP contribution in [0.3, 0.4) is 0 Å². The summed E-state index contributed by atoms with van der Waals surface area (Å²) in [4.78, 5) is 10.8. The molecule has 1 aliphatic carbocycles. The summed E-state index contributed by atoms with van der Waals surface area (Å²) in [6.07, 6.45) is 2.07. The van der Waals surface area contributed by atoms with E-state index in [9.17, 15) is 4.79 Å². The number of carbonyl (C=O) groups is 1. The third kappa shape index (κ3) is 1.48. The van der Waals surface area contributed by atoms with Gasteiger partial charge in [-0.05, 0) is 35.2 Å². The first-order valence-corrected chi connectivity index (χ1v) is 4.92. The molecular weight excluding hydrogens is 236 g/mol. The molecule has 0 aromatic carbocycles. The van der Waals surface area contributed by atoms with Crippen molar-refractivity contribution in [3.8, 4) is 0 Å². The van der Waals surface area contributed by atoms with Gasteiger partial charge in [0, 0.05) is 11.3 Å². The van der Waals surface area contributed by atoms with Crippen LogP contribution < -0.4 is 0 Å². The van der Waals surface area contributed by atoms with Gasteiger partial charge in [0.25, 0.3) is 0 Å². The van der Waals surface area contributed by atoms with E-state index < -0.39 is 5.97 Å². The minimum Gasteiger partial charge on any atom is -0.481 e. The molecule has 4 nitrogen and oxygen atoms in total. The topological polar surface area (TPSA) is 66.0 Å². The Morgan fingerprint density at radius 3 is 3.15 bits per heavy atom. The van der Waals surface area contributed by atoms with Gasteiger partial charge in [-0.3, -0.25) is 9.89 Å². The third-order valence-electron chi connectivity index (χ3n) is 2.44. The van der Waals surface area contributed by atoms with Gasteiger partial charge in [0.1, 0.15) is 4.60 Å². The number of carboxylic acid groups (broad SMARTS) is 1. The summed E-state index contributed by atoms with van der Waals surface area (Å²) < 4.78 is 0.758. The number of aromatic nitrogens is 2. The number of H-pyrrole nitrogens is 1. The number of aliphatic carboxylic acids is 1. The highest BCUT2D eigenvalue weighted by molar-refractivity contribution is 9.10. The van der Waals surface area contributed by atoms with Crippen LogP contribution in [0.15, 0.2) is 4.60 Å². The molecule has 70 valence electrons. The first kappa shape index (κ1) is 8.74. The summed E-state index contributed by atoms with van der Waals surface area (Å²) in [5, 5.41) is 15.7. The highest BCUT2D eigenvalue weighted by Gasteiger charge is 2.27. The maximum Gasteiger partial charge on any atom is 0.306 e. The van der Waals surface area contributed by atoms with Crippen LogP contribution in [0, 0.1) is 5.92 Å². The van der Waals surface area contributed by atoms with Gasteiger partial charge >= 0.3 is 5.97 Å². The molecule has 0 aliphatic heterocycles. The molecule has 0 spiro atoms. The highest BCUT2D eigenvalue weighted by atomic mass is 79.9. The standard InChI is InChI=1S/C8H9BrN2O2/c9-7-5-3-4(8(12)13)1-2-6(5)10-11-7/h4H,1-3H2,(H,10,11)(H,12,13). The predicted octanol–water partition coefficient (Wildman–Crippen LogP) is 1.36. The molecule has 0 saturated heterocycles. The second-order valence-corrected chi connectivity index (χ2v) is 4.00. The van der Waals surface area contributed by atoms with Crippen molar-refractivity contribution in [2.75, 3.05) is 0 Å². The largest absolute Gasteiger partial charge is 0.481 e. The predicted molar refractivity (Wildman–Crippen MR) is 49.4 cm³/mol. The molecule has 1 unspecified atom stereocenters. The molecule has 1 heterocycles. The van der Waals surface area contributed by atoms with Crippen LogP contribution in [0.2, 0.25) is 0 Å². The van der Waals surface area contributed by atoms with Crippen LogP contribution in [0.4, 0.5) is 0 Å². The van der Waals surface area contributed by atoms with E-state index in [1.807, 2.05) is 0 Å². The fraction of sp³-hybridized carbons (Fsp3) is 0.500. The molecule has 0 amide bonds. The Morgan fingerprint density at radius 1 is 1.69 bits per heavy atom. The van der Waals surface area contributed by atoms with Crippen LogP contribution in [-0.4, -0.2) is 21.3 Å². The van der Waals surface area contributed by atoms with Gasteiger partial charge in [-0.15, -0.1) is 0 Å². The van der Waals surface area contributed by atoms with E-state index in [0.717, 1.165) is 22.3 Å². The quantitative estimate of drug-likeness (QED) is 0.785. The smallest absolute Gasteiger partial charge is 0.306 e. The van der Waals surface area contributed by atoms with Gasteiger partial charge in [0.05, 0.1) is 5.92 Å². The van der Waals surface area contributed by atoms with Gasteiger partial charge < -0.3 is 5.11 Å². The molecule has 1 aliphatic rings. The van der Waals surface area contributed by atoms with Crippen LogP contribution in [0.1, 0.15) is 17.7 Å². The van der Waals surface area contributed by atoms with Crippen molar-refractivity contribution in [1.29, 1.82) is 0 Å². The Bertz CT molecular complexity index is 348. The molecule has 2 N–H and O–H groups in total. The number of nitrogens with zero attached hydrogens (tertiary/aromatic N) is 1. The van der Waals surface area contributed by atoms with Crippen LogP contribution in [-0.2, 0) is 17.6 Å². The summed E-state index contributed by atoms with van der Waals surface area (Å²) in [7, 11) is 0. The average Bonchev–Trinajstić information content (AvgIpc) is 2.47. The summed E-state index contributed by atoms with van der Waals surface area (Å²) in [6, 6.07) is 0. The van der Waals surface area contributed by atoms with Crippen molar-refractivity contribution in [1.82, 2.24) is 10.2 Å². The van der Waals surface area contributed by atoms with Crippen LogP contribution in [0.25, 0.3) is 0 Å². The van der Waals surface area contributed by atoms with Crippen molar-refractivity contribution >= 4 is 21.9 Å². The molecule has 1 aromatic heterocycles. The molecule has 0 fully saturated rings. The Labute approximate surface area is 83.5 Å². The number of hydrogen-bond acceptors (Lipinski definition) is 2. The third-order valence-corrected chi connectivity index (χ3v) is 3.10. The molecule has 2 rings (SSSR count). The van der Waals surface area contributed by atoms with E-state index in [1.54, 1.807) is 0 Å². The van der Waals surface area contributed by atoms with Gasteiger partial charge in [0.15, 0.2) is 0 Å². The van der Waals surface area contributed by atoms with Crippen LogP contribution >= 0.6 is 15.9 Å². The molecule has 0 bridgehead atoms. The Balaban J connectivity index is 2.27. The van der Waals surface area contributed by atoms with Crippen molar-refractivity contribution in [2.24, 2.45) is 5.92 Å². The summed E-state index contributed by atoms with van der Waals surface area (Å²) in [5.41, 5.74) is 2.10.